The smallest absolute Gasteiger partial charge is 0.112 e. The van der Waals surface area contributed by atoms with Crippen molar-refractivity contribution in [3.63, 3.8) is 0 Å². The van der Waals surface area contributed by atoms with Crippen LogP contribution in [0, 0.1) is 5.92 Å². The molecule has 0 nitrogen and oxygen atoms in total. The third-order valence-electron chi connectivity index (χ3n) is 2.13. The van der Waals surface area contributed by atoms with Gasteiger partial charge in [-0.3, -0.25) is 0 Å². The van der Waals surface area contributed by atoms with Crippen LogP contribution in [0.15, 0.2) is 0 Å². The summed E-state index contributed by atoms with van der Waals surface area (Å²) in [6.45, 7) is 0. The molecule has 9 heavy (non-hydrogen) atoms. The van der Waals surface area contributed by atoms with Gasteiger partial charge in [-0.25, -0.2) is 4.39 Å². The van der Waals surface area contributed by atoms with Crippen LogP contribution in [-0.2, 0) is 0 Å². The Hall–Kier alpha value is 0.345. The van der Waals surface area contributed by atoms with Crippen molar-refractivity contribution >= 4 is 20.5 Å². The van der Waals surface area contributed by atoms with Crippen molar-refractivity contribution in [1.82, 2.24) is 0 Å². The van der Waals surface area contributed by atoms with Crippen LogP contribution in [0.5, 0.6) is 0 Å². The van der Waals surface area contributed by atoms with Crippen molar-refractivity contribution in [2.45, 2.75) is 30.6 Å². The van der Waals surface area contributed by atoms with E-state index in [0.29, 0.717) is 5.92 Å². The monoisotopic (exact) mass is 146 g/mol. The van der Waals surface area contributed by atoms with Gasteiger partial charge in [0.2, 0.25) is 0 Å². The molecule has 3 unspecified atom stereocenters. The predicted molar refractivity (Wildman–Crippen MR) is 43.7 cm³/mol. The molecule has 0 aromatic carbocycles. The molecule has 3 heteroatoms. The maximum Gasteiger partial charge on any atom is 0.112 e. The molecule has 1 saturated carbocycles. The minimum atomic E-state index is -0.640. The maximum absolute atomic E-state index is 12.7. The van der Waals surface area contributed by atoms with Gasteiger partial charge >= 0.3 is 0 Å². The molecule has 0 bridgehead atoms. The molecule has 0 radical (unpaired) electrons. The number of alkyl halides is 1. The molecule has 1 aliphatic rings. The van der Waals surface area contributed by atoms with E-state index in [1.807, 2.05) is 0 Å². The number of hydrogen-bond acceptors (Lipinski definition) is 1. The molecule has 0 heterocycles. The summed E-state index contributed by atoms with van der Waals surface area (Å²) in [4.78, 5) is 0. The SMILES string of the molecule is BCC1CC(F)C(S)C1. The summed E-state index contributed by atoms with van der Waals surface area (Å²) < 4.78 is 12.7. The van der Waals surface area contributed by atoms with Crippen LogP contribution in [0.1, 0.15) is 12.8 Å². The molecule has 0 spiro atoms. The van der Waals surface area contributed by atoms with E-state index in [1.54, 1.807) is 0 Å². The fraction of sp³-hybridized carbons (Fsp3) is 1.00. The molecule has 0 saturated heterocycles. The highest BCUT2D eigenvalue weighted by Crippen LogP contribution is 2.33. The van der Waals surface area contributed by atoms with E-state index in [4.69, 9.17) is 0 Å². The summed E-state index contributed by atoms with van der Waals surface area (Å²) in [6, 6.07) is 0. The van der Waals surface area contributed by atoms with Crippen LogP contribution < -0.4 is 0 Å². The summed E-state index contributed by atoms with van der Waals surface area (Å²) >= 11 is 4.13. The fourth-order valence-corrected chi connectivity index (χ4v) is 1.81. The molecule has 3 atom stereocenters. The van der Waals surface area contributed by atoms with Crippen molar-refractivity contribution in [2.75, 3.05) is 0 Å². The highest BCUT2D eigenvalue weighted by molar-refractivity contribution is 7.81. The van der Waals surface area contributed by atoms with Gasteiger partial charge in [-0.2, -0.15) is 12.6 Å². The first-order valence-corrected chi connectivity index (χ1v) is 4.07. The van der Waals surface area contributed by atoms with Crippen LogP contribution >= 0.6 is 12.6 Å². The molecule has 52 valence electrons. The third-order valence-corrected chi connectivity index (χ3v) is 2.66. The maximum atomic E-state index is 12.7. The van der Waals surface area contributed by atoms with Crippen molar-refractivity contribution < 1.29 is 4.39 Å². The third kappa shape index (κ3) is 1.63. The van der Waals surface area contributed by atoms with Crippen molar-refractivity contribution in [3.05, 3.63) is 0 Å². The lowest BCUT2D eigenvalue weighted by molar-refractivity contribution is 0.340. The second kappa shape index (κ2) is 2.95. The molecule has 0 amide bonds. The minimum Gasteiger partial charge on any atom is -0.246 e. The zero-order valence-corrected chi connectivity index (χ0v) is 6.57. The summed E-state index contributed by atoms with van der Waals surface area (Å²) in [5.74, 6) is 0.600. The molecular formula is C6H12BFS. The van der Waals surface area contributed by atoms with Gasteiger partial charge in [0.1, 0.15) is 14.0 Å². The normalized spacial score (nSPS) is 43.6. The van der Waals surface area contributed by atoms with Gasteiger partial charge in [0.25, 0.3) is 0 Å². The van der Waals surface area contributed by atoms with E-state index in [1.165, 1.54) is 0 Å². The Morgan fingerprint density at radius 3 is 2.44 bits per heavy atom. The second-order valence-corrected chi connectivity index (χ2v) is 3.49. The molecule has 0 aromatic heterocycles. The first kappa shape index (κ1) is 7.45. The Labute approximate surface area is 62.0 Å². The topological polar surface area (TPSA) is 0 Å². The summed E-state index contributed by atoms with van der Waals surface area (Å²) in [7, 11) is 2.11. The van der Waals surface area contributed by atoms with Gasteiger partial charge in [0.15, 0.2) is 0 Å². The van der Waals surface area contributed by atoms with Crippen LogP contribution in [-0.4, -0.2) is 19.3 Å². The molecule has 1 aliphatic carbocycles. The Balaban J connectivity index is 2.35. The highest BCUT2D eigenvalue weighted by Gasteiger charge is 2.30. The molecular weight excluding hydrogens is 134 g/mol. The van der Waals surface area contributed by atoms with Gasteiger partial charge in [0, 0.05) is 5.25 Å². The van der Waals surface area contributed by atoms with Gasteiger partial charge in [-0.05, 0) is 18.8 Å². The van der Waals surface area contributed by atoms with E-state index in [9.17, 15) is 4.39 Å². The van der Waals surface area contributed by atoms with Gasteiger partial charge in [0.05, 0.1) is 0 Å². The van der Waals surface area contributed by atoms with Crippen molar-refractivity contribution in [1.29, 1.82) is 0 Å². The van der Waals surface area contributed by atoms with Crippen LogP contribution in [0.4, 0.5) is 4.39 Å². The average Bonchev–Trinajstić information content (AvgIpc) is 2.13. The van der Waals surface area contributed by atoms with Gasteiger partial charge < -0.3 is 0 Å². The predicted octanol–water partition coefficient (Wildman–Crippen LogP) is 1.08. The first-order chi connectivity index (χ1) is 4.24. The zero-order chi connectivity index (χ0) is 6.85. The average molecular weight is 146 g/mol. The number of rotatable bonds is 1. The van der Waals surface area contributed by atoms with E-state index in [2.05, 4.69) is 20.5 Å². The van der Waals surface area contributed by atoms with E-state index < -0.39 is 6.17 Å². The number of halogens is 1. The summed E-state index contributed by atoms with van der Waals surface area (Å²) in [6.07, 6.45) is 2.18. The largest absolute Gasteiger partial charge is 0.246 e. The number of hydrogen-bond donors (Lipinski definition) is 1. The quantitative estimate of drug-likeness (QED) is 0.415. The Morgan fingerprint density at radius 2 is 2.22 bits per heavy atom. The Bertz CT molecular complexity index is 89.1. The molecule has 0 aliphatic heterocycles. The summed E-state index contributed by atoms with van der Waals surface area (Å²) in [5.41, 5.74) is 0. The number of thiol groups is 1. The second-order valence-electron chi connectivity index (χ2n) is 2.83. The highest BCUT2D eigenvalue weighted by atomic mass is 32.1. The van der Waals surface area contributed by atoms with Gasteiger partial charge in [-0.1, -0.05) is 6.32 Å². The standard InChI is InChI=1S/C6H12BFS/c7-3-4-1-5(8)6(9)2-4/h4-6,9H,1-3,7H2. The van der Waals surface area contributed by atoms with Crippen LogP contribution in [0.25, 0.3) is 0 Å². The Kier molecular flexibility index (Phi) is 2.45. The Morgan fingerprint density at radius 1 is 1.56 bits per heavy atom. The zero-order valence-electron chi connectivity index (χ0n) is 5.68. The van der Waals surface area contributed by atoms with E-state index in [0.717, 1.165) is 19.2 Å². The van der Waals surface area contributed by atoms with Crippen LogP contribution in [0.2, 0.25) is 6.32 Å². The van der Waals surface area contributed by atoms with Crippen LogP contribution in [0.3, 0.4) is 0 Å². The lowest BCUT2D eigenvalue weighted by atomic mass is 9.90. The molecule has 0 aromatic rings. The van der Waals surface area contributed by atoms with Gasteiger partial charge in [-0.15, -0.1) is 0 Å². The molecule has 1 fully saturated rings. The summed E-state index contributed by atoms with van der Waals surface area (Å²) in [5, 5.41) is 0.0231. The van der Waals surface area contributed by atoms with E-state index >= 15 is 0 Å². The van der Waals surface area contributed by atoms with Crippen molar-refractivity contribution in [3.8, 4) is 0 Å². The molecule has 0 N–H and O–H groups in total. The minimum absolute atomic E-state index is 0.0231. The fourth-order valence-electron chi connectivity index (χ4n) is 1.39. The lowest BCUT2D eigenvalue weighted by Crippen LogP contribution is -2.05. The molecule has 1 rings (SSSR count). The van der Waals surface area contributed by atoms with E-state index in [-0.39, 0.29) is 5.25 Å². The first-order valence-electron chi connectivity index (χ1n) is 3.56. The van der Waals surface area contributed by atoms with Crippen molar-refractivity contribution in [2.24, 2.45) is 5.92 Å². The lowest BCUT2D eigenvalue weighted by Gasteiger charge is -2.01.